The Bertz CT molecular complexity index is 876. The molecule has 4 heteroatoms. The lowest BCUT2D eigenvalue weighted by Crippen LogP contribution is -2.47. The highest BCUT2D eigenvalue weighted by molar-refractivity contribution is 9.10. The number of nitrogens with zero attached hydrogens (tertiary/aromatic N) is 2. The fraction of sp³-hybridized carbons (Fsp3) is 0.304. The molecule has 1 saturated heterocycles. The molecule has 1 aliphatic heterocycles. The van der Waals surface area contributed by atoms with Crippen molar-refractivity contribution in [2.24, 2.45) is 0 Å². The predicted molar refractivity (Wildman–Crippen MR) is 115 cm³/mol. The molecule has 0 amide bonds. The van der Waals surface area contributed by atoms with Crippen molar-refractivity contribution in [1.82, 2.24) is 9.80 Å². The van der Waals surface area contributed by atoms with Gasteiger partial charge in [0.2, 0.25) is 0 Å². The smallest absolute Gasteiger partial charge is 0.120 e. The van der Waals surface area contributed by atoms with E-state index in [1.807, 2.05) is 0 Å². The second-order valence-corrected chi connectivity index (χ2v) is 8.02. The van der Waals surface area contributed by atoms with Crippen LogP contribution in [0.1, 0.15) is 5.56 Å². The summed E-state index contributed by atoms with van der Waals surface area (Å²) >= 11 is 3.52. The van der Waals surface area contributed by atoms with Crippen molar-refractivity contribution in [3.05, 3.63) is 76.8 Å². The number of hydrogen-bond donors (Lipinski definition) is 0. The van der Waals surface area contributed by atoms with Crippen LogP contribution in [0.2, 0.25) is 0 Å². The molecule has 0 unspecified atom stereocenters. The van der Waals surface area contributed by atoms with E-state index in [1.54, 1.807) is 0 Å². The maximum absolute atomic E-state index is 6.00. The SMILES string of the molecule is Brc1ccc2cc(OCCN3CCN(Cc4ccccc4)CC3)ccc2c1. The van der Waals surface area contributed by atoms with Crippen LogP contribution in [0, 0.1) is 0 Å². The maximum atomic E-state index is 6.00. The third kappa shape index (κ3) is 5.10. The highest BCUT2D eigenvalue weighted by Crippen LogP contribution is 2.24. The van der Waals surface area contributed by atoms with Crippen LogP contribution in [-0.2, 0) is 6.54 Å². The Balaban J connectivity index is 1.22. The van der Waals surface area contributed by atoms with E-state index in [1.165, 1.54) is 16.3 Å². The van der Waals surface area contributed by atoms with Gasteiger partial charge in [0.05, 0.1) is 0 Å². The highest BCUT2D eigenvalue weighted by atomic mass is 79.9. The average Bonchev–Trinajstić information content (AvgIpc) is 2.70. The predicted octanol–water partition coefficient (Wildman–Crippen LogP) is 4.80. The van der Waals surface area contributed by atoms with Crippen LogP contribution in [0.25, 0.3) is 10.8 Å². The van der Waals surface area contributed by atoms with E-state index >= 15 is 0 Å². The van der Waals surface area contributed by atoms with Gasteiger partial charge in [-0.2, -0.15) is 0 Å². The van der Waals surface area contributed by atoms with Crippen molar-refractivity contribution in [1.29, 1.82) is 0 Å². The first-order valence-electron chi connectivity index (χ1n) is 9.57. The number of rotatable bonds is 6. The number of ether oxygens (including phenoxy) is 1. The maximum Gasteiger partial charge on any atom is 0.120 e. The summed E-state index contributed by atoms with van der Waals surface area (Å²) in [6, 6.07) is 23.4. The number of hydrogen-bond acceptors (Lipinski definition) is 3. The second-order valence-electron chi connectivity index (χ2n) is 7.11. The third-order valence-electron chi connectivity index (χ3n) is 5.16. The van der Waals surface area contributed by atoms with E-state index in [-0.39, 0.29) is 0 Å². The molecule has 140 valence electrons. The minimum absolute atomic E-state index is 0.737. The molecule has 1 heterocycles. The summed E-state index contributed by atoms with van der Waals surface area (Å²) in [5.41, 5.74) is 1.40. The van der Waals surface area contributed by atoms with Crippen LogP contribution in [-0.4, -0.2) is 49.1 Å². The van der Waals surface area contributed by atoms with Crippen molar-refractivity contribution >= 4 is 26.7 Å². The van der Waals surface area contributed by atoms with Gasteiger partial charge < -0.3 is 4.74 Å². The molecule has 3 aromatic carbocycles. The molecule has 0 spiro atoms. The van der Waals surface area contributed by atoms with Crippen LogP contribution in [0.3, 0.4) is 0 Å². The molecule has 4 rings (SSSR count). The molecule has 3 nitrogen and oxygen atoms in total. The largest absolute Gasteiger partial charge is 0.492 e. The van der Waals surface area contributed by atoms with Crippen molar-refractivity contribution in [2.75, 3.05) is 39.3 Å². The number of piperazine rings is 1. The first-order valence-corrected chi connectivity index (χ1v) is 10.4. The Morgan fingerprint density at radius 1 is 0.778 bits per heavy atom. The van der Waals surface area contributed by atoms with Gasteiger partial charge in [0, 0.05) is 43.7 Å². The number of fused-ring (bicyclic) bond motifs is 1. The summed E-state index contributed by atoms with van der Waals surface area (Å²) in [6.45, 7) is 7.25. The Labute approximate surface area is 169 Å². The Morgan fingerprint density at radius 2 is 1.48 bits per heavy atom. The summed E-state index contributed by atoms with van der Waals surface area (Å²) in [4.78, 5) is 5.04. The zero-order valence-corrected chi connectivity index (χ0v) is 17.1. The molecule has 0 bridgehead atoms. The topological polar surface area (TPSA) is 15.7 Å². The summed E-state index contributed by atoms with van der Waals surface area (Å²) in [6.07, 6.45) is 0. The monoisotopic (exact) mass is 424 g/mol. The highest BCUT2D eigenvalue weighted by Gasteiger charge is 2.16. The van der Waals surface area contributed by atoms with Crippen LogP contribution in [0.5, 0.6) is 5.75 Å². The van der Waals surface area contributed by atoms with Gasteiger partial charge >= 0.3 is 0 Å². The van der Waals surface area contributed by atoms with Gasteiger partial charge in [0.1, 0.15) is 12.4 Å². The Morgan fingerprint density at radius 3 is 2.30 bits per heavy atom. The minimum Gasteiger partial charge on any atom is -0.492 e. The van der Waals surface area contributed by atoms with Crippen LogP contribution in [0.15, 0.2) is 71.2 Å². The quantitative estimate of drug-likeness (QED) is 0.565. The molecular formula is C23H25BrN2O. The van der Waals surface area contributed by atoms with Crippen molar-refractivity contribution in [3.8, 4) is 5.75 Å². The van der Waals surface area contributed by atoms with E-state index in [0.29, 0.717) is 0 Å². The average molecular weight is 425 g/mol. The van der Waals surface area contributed by atoms with Gasteiger partial charge in [-0.3, -0.25) is 9.80 Å². The molecule has 0 N–H and O–H groups in total. The van der Waals surface area contributed by atoms with E-state index in [0.717, 1.165) is 56.1 Å². The van der Waals surface area contributed by atoms with Gasteiger partial charge in [0.25, 0.3) is 0 Å². The van der Waals surface area contributed by atoms with Crippen LogP contribution in [0.4, 0.5) is 0 Å². The fourth-order valence-corrected chi connectivity index (χ4v) is 3.97. The van der Waals surface area contributed by atoms with Gasteiger partial charge in [-0.25, -0.2) is 0 Å². The molecule has 27 heavy (non-hydrogen) atoms. The van der Waals surface area contributed by atoms with Crippen molar-refractivity contribution in [3.63, 3.8) is 0 Å². The standard InChI is InChI=1S/C23H25BrN2O/c24-22-8-6-21-17-23(9-7-20(21)16-22)27-15-14-25-10-12-26(13-11-25)18-19-4-2-1-3-5-19/h1-9,16-17H,10-15,18H2. The summed E-state index contributed by atoms with van der Waals surface area (Å²) < 4.78 is 7.11. The lowest BCUT2D eigenvalue weighted by atomic mass is 10.1. The minimum atomic E-state index is 0.737. The van der Waals surface area contributed by atoms with E-state index in [2.05, 4.69) is 92.5 Å². The summed E-state index contributed by atoms with van der Waals surface area (Å²) in [5.74, 6) is 0.951. The molecule has 1 fully saturated rings. The second kappa shape index (κ2) is 8.87. The lowest BCUT2D eigenvalue weighted by molar-refractivity contribution is 0.112. The molecule has 0 aliphatic carbocycles. The molecular weight excluding hydrogens is 400 g/mol. The van der Waals surface area contributed by atoms with Gasteiger partial charge in [-0.15, -0.1) is 0 Å². The van der Waals surface area contributed by atoms with Gasteiger partial charge in [-0.05, 0) is 40.6 Å². The van der Waals surface area contributed by atoms with Crippen molar-refractivity contribution < 1.29 is 4.74 Å². The molecule has 0 radical (unpaired) electrons. The zero-order valence-electron chi connectivity index (χ0n) is 15.5. The van der Waals surface area contributed by atoms with Crippen LogP contribution >= 0.6 is 15.9 Å². The third-order valence-corrected chi connectivity index (χ3v) is 5.66. The van der Waals surface area contributed by atoms with E-state index in [4.69, 9.17) is 4.74 Å². The Hall–Kier alpha value is -1.88. The number of halogens is 1. The molecule has 0 atom stereocenters. The first kappa shape index (κ1) is 18.5. The van der Waals surface area contributed by atoms with Crippen LogP contribution < -0.4 is 4.74 Å². The Kier molecular flexibility index (Phi) is 6.07. The van der Waals surface area contributed by atoms with Gasteiger partial charge in [-0.1, -0.05) is 58.4 Å². The van der Waals surface area contributed by atoms with E-state index in [9.17, 15) is 0 Å². The van der Waals surface area contributed by atoms with E-state index < -0.39 is 0 Å². The normalized spacial score (nSPS) is 15.9. The number of benzene rings is 3. The molecule has 3 aromatic rings. The molecule has 1 aliphatic rings. The fourth-order valence-electron chi connectivity index (χ4n) is 3.59. The first-order chi connectivity index (χ1) is 13.3. The molecule has 0 saturated carbocycles. The molecule has 0 aromatic heterocycles. The summed E-state index contributed by atoms with van der Waals surface area (Å²) in [7, 11) is 0. The lowest BCUT2D eigenvalue weighted by Gasteiger charge is -2.34. The van der Waals surface area contributed by atoms with Gasteiger partial charge in [0.15, 0.2) is 0 Å². The summed E-state index contributed by atoms with van der Waals surface area (Å²) in [5, 5.41) is 2.44. The van der Waals surface area contributed by atoms with Crippen molar-refractivity contribution in [2.45, 2.75) is 6.54 Å². The zero-order chi connectivity index (χ0) is 18.5.